The Balaban J connectivity index is 1.93. The Morgan fingerprint density at radius 3 is 2.91 bits per heavy atom. The topological polar surface area (TPSA) is 23.6 Å². The number of alkyl halides is 3. The lowest BCUT2D eigenvalue weighted by Crippen LogP contribution is -2.47. The van der Waals surface area contributed by atoms with Crippen molar-refractivity contribution in [2.75, 3.05) is 26.2 Å². The van der Waals surface area contributed by atoms with Crippen molar-refractivity contribution in [3.05, 3.63) is 35.0 Å². The minimum absolute atomic E-state index is 0.110. The number of hydrogen-bond acceptors (Lipinski definition) is 3. The maximum Gasteiger partial charge on any atom is 0.393 e. The predicted molar refractivity (Wildman–Crippen MR) is 85.2 cm³/mol. The molecule has 3 nitrogen and oxygen atoms in total. The maximum atomic E-state index is 12.9. The molecule has 0 radical (unpaired) electrons. The van der Waals surface area contributed by atoms with Crippen molar-refractivity contribution in [1.82, 2.24) is 9.80 Å². The molecule has 0 aliphatic carbocycles. The van der Waals surface area contributed by atoms with Gasteiger partial charge in [0, 0.05) is 31.1 Å². The van der Waals surface area contributed by atoms with Gasteiger partial charge in [-0.3, -0.25) is 9.69 Å². The van der Waals surface area contributed by atoms with E-state index in [1.165, 1.54) is 4.90 Å². The van der Waals surface area contributed by atoms with Crippen LogP contribution in [-0.4, -0.2) is 48.1 Å². The molecule has 2 rings (SSSR count). The maximum absolute atomic E-state index is 12.9. The third kappa shape index (κ3) is 5.35. The van der Waals surface area contributed by atoms with Gasteiger partial charge >= 0.3 is 6.18 Å². The van der Waals surface area contributed by atoms with Crippen LogP contribution in [0.5, 0.6) is 0 Å². The van der Waals surface area contributed by atoms with Gasteiger partial charge in [0.15, 0.2) is 0 Å². The van der Waals surface area contributed by atoms with Gasteiger partial charge in [-0.2, -0.15) is 13.2 Å². The van der Waals surface area contributed by atoms with Gasteiger partial charge in [-0.1, -0.05) is 12.1 Å². The third-order valence-corrected chi connectivity index (χ3v) is 4.80. The molecule has 1 saturated heterocycles. The second-order valence-corrected chi connectivity index (χ2v) is 6.79. The van der Waals surface area contributed by atoms with Gasteiger partial charge < -0.3 is 4.90 Å². The fourth-order valence-electron chi connectivity index (χ4n) is 2.75. The first-order chi connectivity index (χ1) is 10.9. The summed E-state index contributed by atoms with van der Waals surface area (Å²) in [6.45, 7) is 5.12. The Morgan fingerprint density at radius 1 is 1.52 bits per heavy atom. The normalized spacial score (nSPS) is 19.1. The SMILES string of the molecule is C=CCN(CC(=O)N1CCCC(C(F)(F)F)C1)Cc1cccs1. The first kappa shape index (κ1) is 18.0. The van der Waals surface area contributed by atoms with Crippen molar-refractivity contribution in [3.63, 3.8) is 0 Å². The molecule has 23 heavy (non-hydrogen) atoms. The van der Waals surface area contributed by atoms with Crippen LogP contribution in [0.3, 0.4) is 0 Å². The quantitative estimate of drug-likeness (QED) is 0.736. The zero-order chi connectivity index (χ0) is 16.9. The zero-order valence-corrected chi connectivity index (χ0v) is 13.7. The molecule has 0 saturated carbocycles. The van der Waals surface area contributed by atoms with Crippen LogP contribution in [0.2, 0.25) is 0 Å². The molecular weight excluding hydrogens is 325 g/mol. The van der Waals surface area contributed by atoms with Gasteiger partial charge in [0.25, 0.3) is 0 Å². The number of carbonyl (C=O) groups excluding carboxylic acids is 1. The second-order valence-electron chi connectivity index (χ2n) is 5.76. The lowest BCUT2D eigenvalue weighted by atomic mass is 9.97. The number of carbonyl (C=O) groups is 1. The van der Waals surface area contributed by atoms with E-state index in [9.17, 15) is 18.0 Å². The smallest absolute Gasteiger partial charge is 0.341 e. The van der Waals surface area contributed by atoms with Gasteiger partial charge in [-0.25, -0.2) is 0 Å². The fraction of sp³-hybridized carbons (Fsp3) is 0.562. The first-order valence-electron chi connectivity index (χ1n) is 7.60. The number of hydrogen-bond donors (Lipinski definition) is 0. The Morgan fingerprint density at radius 2 is 2.30 bits per heavy atom. The summed E-state index contributed by atoms with van der Waals surface area (Å²) in [7, 11) is 0. The minimum Gasteiger partial charge on any atom is -0.341 e. The summed E-state index contributed by atoms with van der Waals surface area (Å²) in [5, 5.41) is 1.96. The molecule has 1 atom stereocenters. The lowest BCUT2D eigenvalue weighted by molar-refractivity contribution is -0.188. The summed E-state index contributed by atoms with van der Waals surface area (Å²) in [6, 6.07) is 3.91. The average Bonchev–Trinajstić information content (AvgIpc) is 2.99. The monoisotopic (exact) mass is 346 g/mol. The number of nitrogens with zero attached hydrogens (tertiary/aromatic N) is 2. The van der Waals surface area contributed by atoms with E-state index in [0.717, 1.165) is 4.88 Å². The van der Waals surface area contributed by atoms with E-state index in [1.807, 2.05) is 22.4 Å². The molecule has 1 aromatic rings. The third-order valence-electron chi connectivity index (χ3n) is 3.94. The summed E-state index contributed by atoms with van der Waals surface area (Å²) in [4.78, 5) is 16.7. The van der Waals surface area contributed by atoms with Crippen LogP contribution in [0.4, 0.5) is 13.2 Å². The molecule has 0 N–H and O–H groups in total. The molecule has 1 aliphatic heterocycles. The van der Waals surface area contributed by atoms with E-state index in [-0.39, 0.29) is 25.4 Å². The van der Waals surface area contributed by atoms with E-state index >= 15 is 0 Å². The molecule has 7 heteroatoms. The highest BCUT2D eigenvalue weighted by atomic mass is 32.1. The molecule has 2 heterocycles. The van der Waals surface area contributed by atoms with E-state index < -0.39 is 12.1 Å². The predicted octanol–water partition coefficient (Wildman–Crippen LogP) is 3.54. The summed E-state index contributed by atoms with van der Waals surface area (Å²) < 4.78 is 38.6. The highest BCUT2D eigenvalue weighted by molar-refractivity contribution is 7.09. The Hall–Kier alpha value is -1.34. The van der Waals surface area contributed by atoms with Gasteiger partial charge in [-0.05, 0) is 24.3 Å². The summed E-state index contributed by atoms with van der Waals surface area (Å²) in [5.41, 5.74) is 0. The first-order valence-corrected chi connectivity index (χ1v) is 8.48. The van der Waals surface area contributed by atoms with Crippen molar-refractivity contribution < 1.29 is 18.0 Å². The summed E-state index contributed by atoms with van der Waals surface area (Å²) in [6.07, 6.45) is -2.01. The van der Waals surface area contributed by atoms with Crippen molar-refractivity contribution >= 4 is 17.2 Å². The number of likely N-dealkylation sites (tertiary alicyclic amines) is 1. The zero-order valence-electron chi connectivity index (χ0n) is 12.9. The van der Waals surface area contributed by atoms with Crippen LogP contribution >= 0.6 is 11.3 Å². The molecule has 1 fully saturated rings. The van der Waals surface area contributed by atoms with Gasteiger partial charge in [0.1, 0.15) is 0 Å². The van der Waals surface area contributed by atoms with Crippen LogP contribution in [0.15, 0.2) is 30.2 Å². The molecule has 1 unspecified atom stereocenters. The average molecular weight is 346 g/mol. The lowest BCUT2D eigenvalue weighted by Gasteiger charge is -2.35. The van der Waals surface area contributed by atoms with Crippen LogP contribution in [-0.2, 0) is 11.3 Å². The van der Waals surface area contributed by atoms with Crippen molar-refractivity contribution in [2.45, 2.75) is 25.6 Å². The summed E-state index contributed by atoms with van der Waals surface area (Å²) >= 11 is 1.59. The second kappa shape index (κ2) is 7.97. The molecule has 0 spiro atoms. The van der Waals surface area contributed by atoms with E-state index in [1.54, 1.807) is 17.4 Å². The highest BCUT2D eigenvalue weighted by Gasteiger charge is 2.42. The molecule has 1 amide bonds. The number of thiophene rings is 1. The number of rotatable bonds is 6. The molecule has 0 aromatic carbocycles. The Bertz CT molecular complexity index is 516. The molecule has 0 bridgehead atoms. The Kier molecular flexibility index (Phi) is 6.24. The summed E-state index contributed by atoms with van der Waals surface area (Å²) in [5.74, 6) is -1.64. The molecule has 128 valence electrons. The Labute approximate surface area is 138 Å². The minimum atomic E-state index is -4.23. The van der Waals surface area contributed by atoms with E-state index in [4.69, 9.17) is 0 Å². The van der Waals surface area contributed by atoms with Crippen molar-refractivity contribution in [3.8, 4) is 0 Å². The number of piperidine rings is 1. The van der Waals surface area contributed by atoms with E-state index in [2.05, 4.69) is 6.58 Å². The van der Waals surface area contributed by atoms with Gasteiger partial charge in [-0.15, -0.1) is 17.9 Å². The van der Waals surface area contributed by atoms with Crippen LogP contribution in [0, 0.1) is 5.92 Å². The number of amides is 1. The molecular formula is C16H21F3N2OS. The standard InChI is InChI=1S/C16H21F3N2OS/c1-2-7-20(11-14-6-4-9-23-14)12-15(22)21-8-3-5-13(10-21)16(17,18)19/h2,4,6,9,13H,1,3,5,7-8,10-12H2. The van der Waals surface area contributed by atoms with Crippen LogP contribution in [0.1, 0.15) is 17.7 Å². The van der Waals surface area contributed by atoms with Crippen LogP contribution < -0.4 is 0 Å². The van der Waals surface area contributed by atoms with Crippen LogP contribution in [0.25, 0.3) is 0 Å². The van der Waals surface area contributed by atoms with Crippen molar-refractivity contribution in [2.24, 2.45) is 5.92 Å². The van der Waals surface area contributed by atoms with Crippen molar-refractivity contribution in [1.29, 1.82) is 0 Å². The van der Waals surface area contributed by atoms with Gasteiger partial charge in [0.05, 0.1) is 12.5 Å². The van der Waals surface area contributed by atoms with E-state index in [0.29, 0.717) is 26.1 Å². The highest BCUT2D eigenvalue weighted by Crippen LogP contribution is 2.33. The number of halogens is 3. The molecule has 1 aliphatic rings. The van der Waals surface area contributed by atoms with Gasteiger partial charge in [0.2, 0.25) is 5.91 Å². The molecule has 1 aromatic heterocycles. The largest absolute Gasteiger partial charge is 0.393 e. The fourth-order valence-corrected chi connectivity index (χ4v) is 3.50.